The number of piperidine rings is 1. The number of nitrogens with one attached hydrogen (secondary N) is 1. The highest BCUT2D eigenvalue weighted by Gasteiger charge is 2.22. The number of thiophene rings is 1. The predicted molar refractivity (Wildman–Crippen MR) is 135 cm³/mol. The van der Waals surface area contributed by atoms with Crippen molar-refractivity contribution in [2.24, 2.45) is 0 Å². The average molecular weight is 471 g/mol. The van der Waals surface area contributed by atoms with Gasteiger partial charge in [-0.1, -0.05) is 24.3 Å². The molecule has 0 amide bonds. The Balaban J connectivity index is 1.51. The number of hydrogen-bond donors (Lipinski definition) is 1. The molecule has 5 rings (SSSR count). The first-order valence-electron chi connectivity index (χ1n) is 11.6. The lowest BCUT2D eigenvalue weighted by Gasteiger charge is -2.29. The maximum atomic E-state index is 13.7. The van der Waals surface area contributed by atoms with Crippen LogP contribution in [0, 0.1) is 11.3 Å². The molecule has 1 N–H and O–H groups in total. The highest BCUT2D eigenvalue weighted by Crippen LogP contribution is 2.26. The third kappa shape index (κ3) is 4.58. The van der Waals surface area contributed by atoms with Gasteiger partial charge in [0, 0.05) is 37.9 Å². The van der Waals surface area contributed by atoms with E-state index in [1.54, 1.807) is 16.8 Å². The van der Waals surface area contributed by atoms with E-state index in [0.29, 0.717) is 35.8 Å². The molecule has 3 aromatic heterocycles. The van der Waals surface area contributed by atoms with Crippen molar-refractivity contribution in [2.45, 2.75) is 38.9 Å². The van der Waals surface area contributed by atoms with Crippen molar-refractivity contribution in [3.05, 3.63) is 86.8 Å². The molecule has 0 spiro atoms. The number of hydrogen-bond acceptors (Lipinski definition) is 7. The minimum Gasteiger partial charge on any atom is -0.342 e. The van der Waals surface area contributed by atoms with Crippen LogP contribution in [-0.2, 0) is 19.6 Å². The molecule has 0 aliphatic carbocycles. The number of aromatic nitrogens is 3. The molecule has 0 saturated carbocycles. The number of rotatable bonds is 7. The fourth-order valence-electron chi connectivity index (χ4n) is 4.40. The monoisotopic (exact) mass is 470 g/mol. The van der Waals surface area contributed by atoms with E-state index in [-0.39, 0.29) is 5.56 Å². The van der Waals surface area contributed by atoms with Crippen LogP contribution >= 0.6 is 11.3 Å². The molecule has 8 heteroatoms. The van der Waals surface area contributed by atoms with Gasteiger partial charge in [-0.25, -0.2) is 4.98 Å². The molecule has 1 aliphatic rings. The van der Waals surface area contributed by atoms with Crippen LogP contribution in [0.15, 0.2) is 58.8 Å². The van der Waals surface area contributed by atoms with E-state index in [1.807, 2.05) is 41.8 Å². The summed E-state index contributed by atoms with van der Waals surface area (Å²) in [6.45, 7) is 3.37. The average Bonchev–Trinajstić information content (AvgIpc) is 3.30. The first-order chi connectivity index (χ1) is 16.7. The summed E-state index contributed by atoms with van der Waals surface area (Å²) in [4.78, 5) is 25.3. The topological polar surface area (TPSA) is 86.8 Å². The van der Waals surface area contributed by atoms with Gasteiger partial charge in [-0.2, -0.15) is 5.26 Å². The third-order valence-corrected chi connectivity index (χ3v) is 7.19. The minimum atomic E-state index is -0.0423. The van der Waals surface area contributed by atoms with Crippen molar-refractivity contribution in [1.82, 2.24) is 19.9 Å². The van der Waals surface area contributed by atoms with Crippen molar-refractivity contribution in [1.29, 1.82) is 5.26 Å². The van der Waals surface area contributed by atoms with Gasteiger partial charge >= 0.3 is 0 Å². The van der Waals surface area contributed by atoms with Crippen LogP contribution in [0.3, 0.4) is 0 Å². The normalized spacial score (nSPS) is 13.8. The fraction of sp³-hybridized carbons (Fsp3) is 0.308. The van der Waals surface area contributed by atoms with E-state index < -0.39 is 0 Å². The van der Waals surface area contributed by atoms with E-state index in [1.165, 1.54) is 17.8 Å². The maximum Gasteiger partial charge on any atom is 0.273 e. The second-order valence-electron chi connectivity index (χ2n) is 8.48. The molecule has 0 unspecified atom stereocenters. The lowest BCUT2D eigenvalue weighted by atomic mass is 10.1. The van der Waals surface area contributed by atoms with Gasteiger partial charge < -0.3 is 10.2 Å². The highest BCUT2D eigenvalue weighted by molar-refractivity contribution is 7.17. The lowest BCUT2D eigenvalue weighted by Crippen LogP contribution is -2.36. The van der Waals surface area contributed by atoms with Gasteiger partial charge in [-0.05, 0) is 48.4 Å². The quantitative estimate of drug-likeness (QED) is 0.438. The number of fused-ring (bicyclic) bond motifs is 1. The van der Waals surface area contributed by atoms with Crippen molar-refractivity contribution in [3.63, 3.8) is 0 Å². The van der Waals surface area contributed by atoms with E-state index in [0.717, 1.165) is 48.3 Å². The van der Waals surface area contributed by atoms with Crippen LogP contribution in [0.1, 0.15) is 41.6 Å². The summed E-state index contributed by atoms with van der Waals surface area (Å²) >= 11 is 1.44. The van der Waals surface area contributed by atoms with E-state index in [9.17, 15) is 10.1 Å². The molecule has 0 atom stereocenters. The highest BCUT2D eigenvalue weighted by atomic mass is 32.1. The summed E-state index contributed by atoms with van der Waals surface area (Å²) in [7, 11) is 0. The zero-order valence-electron chi connectivity index (χ0n) is 18.9. The zero-order valence-corrected chi connectivity index (χ0v) is 19.7. The molecule has 172 valence electrons. The van der Waals surface area contributed by atoms with Crippen LogP contribution in [0.4, 0.5) is 5.95 Å². The fourth-order valence-corrected chi connectivity index (χ4v) is 5.36. The largest absolute Gasteiger partial charge is 0.342 e. The molecule has 0 radical (unpaired) electrons. The summed E-state index contributed by atoms with van der Waals surface area (Å²) in [6.07, 6.45) is 5.16. The van der Waals surface area contributed by atoms with Gasteiger partial charge in [0.1, 0.15) is 4.70 Å². The van der Waals surface area contributed by atoms with Gasteiger partial charge in [0.15, 0.2) is 0 Å². The van der Waals surface area contributed by atoms with Gasteiger partial charge in [0.25, 0.3) is 5.56 Å². The lowest BCUT2D eigenvalue weighted by molar-refractivity contribution is 0.553. The Morgan fingerprint density at radius 2 is 1.85 bits per heavy atom. The van der Waals surface area contributed by atoms with E-state index in [2.05, 4.69) is 21.3 Å². The summed E-state index contributed by atoms with van der Waals surface area (Å²) in [6, 6.07) is 15.6. The Kier molecular flexibility index (Phi) is 6.65. The van der Waals surface area contributed by atoms with Crippen LogP contribution in [-0.4, -0.2) is 27.6 Å². The molecular weight excluding hydrogens is 444 g/mol. The SMILES string of the molecule is N#Cc1ccccc1Cn1c(N2CCCCC2)nc2c(CNCc3ccccn3)csc2c1=O. The number of nitriles is 1. The van der Waals surface area contributed by atoms with Gasteiger partial charge in [0.2, 0.25) is 5.95 Å². The van der Waals surface area contributed by atoms with E-state index in [4.69, 9.17) is 4.98 Å². The number of nitrogens with zero attached hydrogens (tertiary/aromatic N) is 5. The van der Waals surface area contributed by atoms with Gasteiger partial charge in [-0.15, -0.1) is 11.3 Å². The van der Waals surface area contributed by atoms with Gasteiger partial charge in [-0.3, -0.25) is 14.3 Å². The molecule has 7 nitrogen and oxygen atoms in total. The van der Waals surface area contributed by atoms with E-state index >= 15 is 0 Å². The van der Waals surface area contributed by atoms with Crippen LogP contribution in [0.5, 0.6) is 0 Å². The first-order valence-corrected chi connectivity index (χ1v) is 12.5. The predicted octanol–water partition coefficient (Wildman–Crippen LogP) is 4.05. The molecule has 4 heterocycles. The van der Waals surface area contributed by atoms with Crippen molar-refractivity contribution >= 4 is 27.5 Å². The standard InChI is InChI=1S/C26H26N6OS/c27-14-19-8-2-3-9-20(19)17-32-25(33)24-23(30-26(32)31-12-6-1-7-13-31)21(18-34-24)15-28-16-22-10-4-5-11-29-22/h2-5,8-11,18,28H,1,6-7,12-13,15-17H2. The van der Waals surface area contributed by atoms with Crippen molar-refractivity contribution in [2.75, 3.05) is 18.0 Å². The van der Waals surface area contributed by atoms with Gasteiger partial charge in [0.05, 0.1) is 29.4 Å². The van der Waals surface area contributed by atoms with Crippen molar-refractivity contribution < 1.29 is 0 Å². The molecule has 1 saturated heterocycles. The number of benzene rings is 1. The summed E-state index contributed by atoms with van der Waals surface area (Å²) < 4.78 is 2.41. The molecule has 1 aromatic carbocycles. The Morgan fingerprint density at radius 3 is 2.65 bits per heavy atom. The molecular formula is C26H26N6OS. The van der Waals surface area contributed by atoms with Crippen LogP contribution in [0.25, 0.3) is 10.2 Å². The number of pyridine rings is 1. The second-order valence-corrected chi connectivity index (χ2v) is 9.36. The summed E-state index contributed by atoms with van der Waals surface area (Å²) in [5.41, 5.74) is 4.15. The third-order valence-electron chi connectivity index (χ3n) is 6.18. The molecule has 4 aromatic rings. The Bertz CT molecular complexity index is 1380. The zero-order chi connectivity index (χ0) is 23.3. The Hall–Kier alpha value is -3.54. The maximum absolute atomic E-state index is 13.7. The summed E-state index contributed by atoms with van der Waals surface area (Å²) in [5.74, 6) is 0.703. The molecule has 1 aliphatic heterocycles. The Labute approximate surface area is 202 Å². The minimum absolute atomic E-state index is 0.0423. The summed E-state index contributed by atoms with van der Waals surface area (Å²) in [5, 5.41) is 15.0. The van der Waals surface area contributed by atoms with Crippen LogP contribution < -0.4 is 15.8 Å². The molecule has 0 bridgehead atoms. The Morgan fingerprint density at radius 1 is 1.03 bits per heavy atom. The first kappa shape index (κ1) is 22.3. The van der Waals surface area contributed by atoms with Crippen LogP contribution in [0.2, 0.25) is 0 Å². The smallest absolute Gasteiger partial charge is 0.273 e. The molecule has 1 fully saturated rings. The number of anilines is 1. The second kappa shape index (κ2) is 10.2. The molecule has 34 heavy (non-hydrogen) atoms. The van der Waals surface area contributed by atoms with Crippen molar-refractivity contribution in [3.8, 4) is 6.07 Å².